The number of carbonyl (C=O) groups excluding carboxylic acids is 2. The molecule has 1 aromatic carbocycles. The van der Waals surface area contributed by atoms with Crippen LogP contribution in [0, 0.1) is 0 Å². The second-order valence-corrected chi connectivity index (χ2v) is 10.4. The van der Waals surface area contributed by atoms with Crippen molar-refractivity contribution >= 4 is 57.8 Å². The van der Waals surface area contributed by atoms with Crippen LogP contribution in [-0.2, 0) is 19.2 Å². The van der Waals surface area contributed by atoms with Gasteiger partial charge < -0.3 is 35.7 Å². The number of nitrogen functional groups attached to an aromatic ring is 1. The lowest BCUT2D eigenvalue weighted by molar-refractivity contribution is -0.150. The Balaban J connectivity index is 1.32. The number of thioether (sulfide) groups is 1. The summed E-state index contributed by atoms with van der Waals surface area (Å²) < 4.78 is 5.28. The maximum absolute atomic E-state index is 13.0. The Hall–Kier alpha value is -4.83. The van der Waals surface area contributed by atoms with Gasteiger partial charge >= 0.3 is 5.97 Å². The van der Waals surface area contributed by atoms with Crippen molar-refractivity contribution in [3.63, 3.8) is 0 Å². The van der Waals surface area contributed by atoms with Crippen molar-refractivity contribution in [2.75, 3.05) is 18.6 Å². The summed E-state index contributed by atoms with van der Waals surface area (Å²) in [6.45, 7) is 0. The molecule has 0 aliphatic carbocycles. The number of benzene rings is 1. The standard InChI is InChI=1S/C24H20N6O8S2/c1-37-29-17(14-9-40-24(25)26-14)20(33)27-18-21(34)30-19(23(35)36)11(8-39-22(18)30)2-4-12-7-13(28-38-12)10-3-5-15(31)16(32)6-10/h2-7,9,18,22,31-32H,8H2,1H3,(H2,25,26)(H,27,33)(H,35,36)/b4-2+,29-17+/t18-,22-/m1/s1. The lowest BCUT2D eigenvalue weighted by atomic mass is 10.0. The van der Waals surface area contributed by atoms with Crippen LogP contribution in [-0.4, -0.2) is 78.1 Å². The van der Waals surface area contributed by atoms with Gasteiger partial charge in [0.25, 0.3) is 11.8 Å². The number of β-lactam (4-membered cyclic amide) rings is 1. The van der Waals surface area contributed by atoms with Gasteiger partial charge in [-0.1, -0.05) is 16.4 Å². The van der Waals surface area contributed by atoms with E-state index in [4.69, 9.17) is 15.1 Å². The predicted octanol–water partition coefficient (Wildman–Crippen LogP) is 1.59. The van der Waals surface area contributed by atoms with Crippen molar-refractivity contribution in [1.29, 1.82) is 0 Å². The van der Waals surface area contributed by atoms with E-state index in [-0.39, 0.29) is 39.5 Å². The highest BCUT2D eigenvalue weighted by Crippen LogP contribution is 2.41. The minimum Gasteiger partial charge on any atom is -0.504 e. The molecule has 2 amide bonds. The molecular weight excluding hydrogens is 564 g/mol. The van der Waals surface area contributed by atoms with E-state index in [1.807, 2.05) is 0 Å². The SMILES string of the molecule is CO/N=C(/C(=O)N[C@@H]1C(=O)N2C(C(=O)O)=C(/C=C/c3cc(-c4ccc(O)c(O)c4)no3)CS[C@H]12)c1csc(N)n1. The maximum Gasteiger partial charge on any atom is 0.352 e. The van der Waals surface area contributed by atoms with Gasteiger partial charge in [-0.15, -0.1) is 23.1 Å². The molecule has 1 fully saturated rings. The lowest BCUT2D eigenvalue weighted by Crippen LogP contribution is -2.71. The van der Waals surface area contributed by atoms with Crippen LogP contribution in [0.4, 0.5) is 5.13 Å². The van der Waals surface area contributed by atoms with Crippen LogP contribution >= 0.6 is 23.1 Å². The zero-order chi connectivity index (χ0) is 28.6. The summed E-state index contributed by atoms with van der Waals surface area (Å²) >= 11 is 2.38. The molecule has 5 rings (SSSR count). The zero-order valence-electron chi connectivity index (χ0n) is 20.5. The first kappa shape index (κ1) is 26.8. The Kier molecular flexibility index (Phi) is 7.19. The Morgan fingerprint density at radius 3 is 2.75 bits per heavy atom. The number of rotatable bonds is 8. The molecule has 6 N–H and O–H groups in total. The molecular formula is C24H20N6O8S2. The Morgan fingerprint density at radius 2 is 2.08 bits per heavy atom. The number of carboxylic acids is 1. The number of carboxylic acid groups (broad SMARTS) is 1. The number of nitrogens with two attached hydrogens (primary N) is 1. The molecule has 4 heterocycles. The third-order valence-electron chi connectivity index (χ3n) is 5.90. The fourth-order valence-electron chi connectivity index (χ4n) is 4.04. The van der Waals surface area contributed by atoms with Gasteiger partial charge in [-0.25, -0.2) is 9.78 Å². The number of nitrogens with zero attached hydrogens (tertiary/aromatic N) is 4. The molecule has 3 aromatic rings. The van der Waals surface area contributed by atoms with E-state index in [2.05, 4.69) is 20.6 Å². The van der Waals surface area contributed by atoms with Crippen LogP contribution < -0.4 is 11.1 Å². The molecule has 1 saturated heterocycles. The average molecular weight is 585 g/mol. The number of hydrogen-bond donors (Lipinski definition) is 5. The molecule has 206 valence electrons. The number of nitrogens with one attached hydrogen (secondary N) is 1. The van der Waals surface area contributed by atoms with Crippen LogP contribution in [0.15, 0.2) is 56.7 Å². The van der Waals surface area contributed by atoms with Crippen LogP contribution in [0.25, 0.3) is 17.3 Å². The molecule has 2 aromatic heterocycles. The third kappa shape index (κ3) is 4.96. The van der Waals surface area contributed by atoms with Crippen LogP contribution in [0.5, 0.6) is 11.5 Å². The highest BCUT2D eigenvalue weighted by atomic mass is 32.2. The Morgan fingerprint density at radius 1 is 1.27 bits per heavy atom. The van der Waals surface area contributed by atoms with Gasteiger partial charge in [0, 0.05) is 22.8 Å². The van der Waals surface area contributed by atoms with Crippen molar-refractivity contribution in [3.05, 3.63) is 58.4 Å². The lowest BCUT2D eigenvalue weighted by Gasteiger charge is -2.49. The van der Waals surface area contributed by atoms with E-state index in [1.54, 1.807) is 12.1 Å². The number of oxime groups is 1. The summed E-state index contributed by atoms with van der Waals surface area (Å²) in [4.78, 5) is 47.9. The molecule has 2 atom stereocenters. The number of allylic oxidation sites excluding steroid dienone is 1. The molecule has 2 aliphatic rings. The fraction of sp³-hybridized carbons (Fsp3) is 0.167. The maximum atomic E-state index is 13.0. The largest absolute Gasteiger partial charge is 0.504 e. The molecule has 0 bridgehead atoms. The zero-order valence-corrected chi connectivity index (χ0v) is 22.1. The molecule has 0 radical (unpaired) electrons. The van der Waals surface area contributed by atoms with E-state index in [1.165, 1.54) is 48.5 Å². The number of anilines is 1. The monoisotopic (exact) mass is 584 g/mol. The predicted molar refractivity (Wildman–Crippen MR) is 144 cm³/mol. The second-order valence-electron chi connectivity index (χ2n) is 8.38. The number of phenolic OH excluding ortho intramolecular Hbond substituents is 2. The topological polar surface area (TPSA) is 214 Å². The minimum atomic E-state index is -1.31. The van der Waals surface area contributed by atoms with Crippen molar-refractivity contribution in [2.24, 2.45) is 5.16 Å². The summed E-state index contributed by atoms with van der Waals surface area (Å²) in [6, 6.07) is 4.76. The molecule has 14 nitrogen and oxygen atoms in total. The number of hydrogen-bond acceptors (Lipinski definition) is 13. The van der Waals surface area contributed by atoms with Gasteiger partial charge in [0.05, 0.1) is 0 Å². The van der Waals surface area contributed by atoms with E-state index in [9.17, 15) is 29.7 Å². The normalized spacial score (nSPS) is 19.0. The van der Waals surface area contributed by atoms with Gasteiger partial charge in [0.15, 0.2) is 28.1 Å². The smallest absolute Gasteiger partial charge is 0.352 e. The van der Waals surface area contributed by atoms with Gasteiger partial charge in [-0.05, 0) is 29.8 Å². The van der Waals surface area contributed by atoms with E-state index < -0.39 is 29.2 Å². The number of amides is 2. The highest BCUT2D eigenvalue weighted by molar-refractivity contribution is 8.00. The fourth-order valence-corrected chi connectivity index (χ4v) is 5.91. The number of fused-ring (bicyclic) bond motifs is 1. The van der Waals surface area contributed by atoms with E-state index in [0.29, 0.717) is 22.6 Å². The number of aromatic nitrogens is 2. The van der Waals surface area contributed by atoms with E-state index >= 15 is 0 Å². The second kappa shape index (κ2) is 10.7. The van der Waals surface area contributed by atoms with Crippen molar-refractivity contribution < 1.29 is 39.1 Å². The first-order chi connectivity index (χ1) is 19.2. The highest BCUT2D eigenvalue weighted by Gasteiger charge is 2.54. The third-order valence-corrected chi connectivity index (χ3v) is 7.87. The van der Waals surface area contributed by atoms with Crippen LogP contribution in [0.3, 0.4) is 0 Å². The molecule has 16 heteroatoms. The Labute approximate surface area is 233 Å². The number of carbonyl (C=O) groups is 3. The van der Waals surface area contributed by atoms with Crippen molar-refractivity contribution in [2.45, 2.75) is 11.4 Å². The quantitative estimate of drug-likeness (QED) is 0.110. The van der Waals surface area contributed by atoms with Gasteiger partial charge in [0.2, 0.25) is 0 Å². The first-order valence-electron chi connectivity index (χ1n) is 11.4. The Bertz CT molecular complexity index is 1610. The van der Waals surface area contributed by atoms with Gasteiger partial charge in [-0.2, -0.15) is 0 Å². The van der Waals surface area contributed by atoms with E-state index in [0.717, 1.165) is 16.2 Å². The molecule has 0 unspecified atom stereocenters. The number of aliphatic carboxylic acids is 1. The molecule has 0 spiro atoms. The molecule has 40 heavy (non-hydrogen) atoms. The van der Waals surface area contributed by atoms with Crippen molar-refractivity contribution in [3.8, 4) is 22.8 Å². The molecule has 2 aliphatic heterocycles. The summed E-state index contributed by atoms with van der Waals surface area (Å²) in [6.07, 6.45) is 3.02. The summed E-state index contributed by atoms with van der Waals surface area (Å²) in [5, 5.41) is 40.4. The van der Waals surface area contributed by atoms with Gasteiger partial charge in [-0.3, -0.25) is 14.5 Å². The summed E-state index contributed by atoms with van der Waals surface area (Å²) in [7, 11) is 1.26. The van der Waals surface area contributed by atoms with Crippen LogP contribution in [0.2, 0.25) is 0 Å². The van der Waals surface area contributed by atoms with Gasteiger partial charge in [0.1, 0.15) is 35.6 Å². The van der Waals surface area contributed by atoms with Crippen LogP contribution in [0.1, 0.15) is 11.5 Å². The molecule has 0 saturated carbocycles. The number of thiazole rings is 1. The summed E-state index contributed by atoms with van der Waals surface area (Å²) in [5.74, 6) is -2.69. The first-order valence-corrected chi connectivity index (χ1v) is 13.3. The van der Waals surface area contributed by atoms with Crippen molar-refractivity contribution in [1.82, 2.24) is 20.4 Å². The number of aromatic hydroxyl groups is 2. The number of phenols is 2. The summed E-state index contributed by atoms with van der Waals surface area (Å²) in [5.41, 5.74) is 6.67. The minimum absolute atomic E-state index is 0.172. The average Bonchev–Trinajstić information content (AvgIpc) is 3.59.